The molecule has 1 N–H and O–H groups in total. The van der Waals surface area contributed by atoms with Crippen molar-refractivity contribution in [2.45, 2.75) is 0 Å². The lowest BCUT2D eigenvalue weighted by Crippen LogP contribution is -2.12. The van der Waals surface area contributed by atoms with E-state index in [2.05, 4.69) is 26.2 Å². The first-order valence-electron chi connectivity index (χ1n) is 7.72. The van der Waals surface area contributed by atoms with Gasteiger partial charge in [0.15, 0.2) is 5.58 Å². The van der Waals surface area contributed by atoms with Crippen molar-refractivity contribution in [3.63, 3.8) is 0 Å². The van der Waals surface area contributed by atoms with E-state index >= 15 is 0 Å². The van der Waals surface area contributed by atoms with E-state index in [9.17, 15) is 4.79 Å². The zero-order valence-corrected chi connectivity index (χ0v) is 14.7. The second kappa shape index (κ2) is 6.53. The van der Waals surface area contributed by atoms with E-state index in [0.29, 0.717) is 17.1 Å². The van der Waals surface area contributed by atoms with Crippen molar-refractivity contribution in [3.05, 3.63) is 82.8 Å². The van der Waals surface area contributed by atoms with Crippen LogP contribution in [0.25, 0.3) is 22.6 Å². The first-order chi connectivity index (χ1) is 12.2. The minimum absolute atomic E-state index is 0.165. The Morgan fingerprint density at radius 3 is 2.40 bits per heavy atom. The average molecular weight is 393 g/mol. The smallest absolute Gasteiger partial charge is 0.256 e. The molecule has 0 atom stereocenters. The number of amides is 1. The lowest BCUT2D eigenvalue weighted by atomic mass is 10.2. The fourth-order valence-electron chi connectivity index (χ4n) is 2.54. The monoisotopic (exact) mass is 392 g/mol. The van der Waals surface area contributed by atoms with Gasteiger partial charge in [0.05, 0.1) is 5.56 Å². The topological polar surface area (TPSA) is 55.1 Å². The number of aromatic nitrogens is 1. The highest BCUT2D eigenvalue weighted by atomic mass is 79.9. The van der Waals surface area contributed by atoms with E-state index in [0.717, 1.165) is 21.1 Å². The Morgan fingerprint density at radius 1 is 0.920 bits per heavy atom. The van der Waals surface area contributed by atoms with Gasteiger partial charge in [-0.05, 0) is 64.5 Å². The lowest BCUT2D eigenvalue weighted by molar-refractivity contribution is 0.102. The fraction of sp³-hybridized carbons (Fsp3) is 0. The molecule has 0 fully saturated rings. The highest BCUT2D eigenvalue weighted by molar-refractivity contribution is 9.10. The Kier molecular flexibility index (Phi) is 4.07. The van der Waals surface area contributed by atoms with Crippen molar-refractivity contribution in [1.29, 1.82) is 0 Å². The molecule has 4 aromatic rings. The molecule has 1 aromatic heterocycles. The van der Waals surface area contributed by atoms with Crippen LogP contribution in [0.1, 0.15) is 10.4 Å². The third-order valence-corrected chi connectivity index (χ3v) is 4.49. The molecule has 122 valence electrons. The molecular weight excluding hydrogens is 380 g/mol. The van der Waals surface area contributed by atoms with Gasteiger partial charge in [0.2, 0.25) is 5.89 Å². The summed E-state index contributed by atoms with van der Waals surface area (Å²) in [5, 5.41) is 2.88. The lowest BCUT2D eigenvalue weighted by Gasteiger charge is -2.07. The number of oxazole rings is 1. The van der Waals surface area contributed by atoms with Crippen LogP contribution in [0.15, 0.2) is 81.7 Å². The summed E-state index contributed by atoms with van der Waals surface area (Å²) in [5.74, 6) is 0.395. The molecule has 0 aliphatic heterocycles. The zero-order valence-electron chi connectivity index (χ0n) is 13.1. The largest absolute Gasteiger partial charge is 0.436 e. The maximum absolute atomic E-state index is 12.3. The van der Waals surface area contributed by atoms with Gasteiger partial charge in [-0.25, -0.2) is 4.98 Å². The number of para-hydroxylation sites is 2. The summed E-state index contributed by atoms with van der Waals surface area (Å²) in [6, 6.07) is 22.4. The second-order valence-electron chi connectivity index (χ2n) is 5.50. The fourth-order valence-corrected chi connectivity index (χ4v) is 3.00. The number of anilines is 1. The molecule has 3 aromatic carbocycles. The molecular formula is C20H13BrN2O2. The van der Waals surface area contributed by atoms with Gasteiger partial charge in [0.1, 0.15) is 5.52 Å². The summed E-state index contributed by atoms with van der Waals surface area (Å²) in [5.41, 5.74) is 3.73. The average Bonchev–Trinajstić information content (AvgIpc) is 3.07. The van der Waals surface area contributed by atoms with Crippen LogP contribution in [0, 0.1) is 0 Å². The molecule has 4 nitrogen and oxygen atoms in total. The molecule has 5 heteroatoms. The molecule has 0 spiro atoms. The Morgan fingerprint density at radius 2 is 1.64 bits per heavy atom. The molecule has 0 saturated heterocycles. The summed E-state index contributed by atoms with van der Waals surface area (Å²) < 4.78 is 6.52. The van der Waals surface area contributed by atoms with Crippen LogP contribution in [0.3, 0.4) is 0 Å². The first kappa shape index (κ1) is 15.6. The normalized spacial score (nSPS) is 10.8. The third-order valence-electron chi connectivity index (χ3n) is 3.80. The summed E-state index contributed by atoms with van der Waals surface area (Å²) in [4.78, 5) is 16.8. The van der Waals surface area contributed by atoms with Crippen LogP contribution in [0.5, 0.6) is 0 Å². The molecule has 25 heavy (non-hydrogen) atoms. The van der Waals surface area contributed by atoms with Gasteiger partial charge in [-0.3, -0.25) is 4.79 Å². The van der Waals surface area contributed by atoms with Gasteiger partial charge in [-0.1, -0.05) is 24.3 Å². The Hall–Kier alpha value is -2.92. The number of hydrogen-bond donors (Lipinski definition) is 1. The second-order valence-corrected chi connectivity index (χ2v) is 6.35. The standard InChI is InChI=1S/C20H13BrN2O2/c21-16-6-2-1-5-15(16)19(24)22-14-11-9-13(10-12-14)20-23-17-7-3-4-8-18(17)25-20/h1-12H,(H,22,24). The number of hydrogen-bond acceptors (Lipinski definition) is 3. The number of benzene rings is 3. The van der Waals surface area contributed by atoms with Crippen molar-refractivity contribution in [2.24, 2.45) is 0 Å². The number of nitrogens with one attached hydrogen (secondary N) is 1. The van der Waals surface area contributed by atoms with Crippen LogP contribution in [0.4, 0.5) is 5.69 Å². The molecule has 0 unspecified atom stereocenters. The third kappa shape index (κ3) is 3.19. The Bertz CT molecular complexity index is 1020. The number of rotatable bonds is 3. The van der Waals surface area contributed by atoms with Crippen molar-refractivity contribution in [1.82, 2.24) is 4.98 Å². The van der Waals surface area contributed by atoms with E-state index in [-0.39, 0.29) is 5.91 Å². The highest BCUT2D eigenvalue weighted by Crippen LogP contribution is 2.25. The predicted octanol–water partition coefficient (Wildman–Crippen LogP) is 5.51. The molecule has 0 bridgehead atoms. The minimum Gasteiger partial charge on any atom is -0.436 e. The number of carbonyl (C=O) groups excluding carboxylic acids is 1. The minimum atomic E-state index is -0.165. The molecule has 0 radical (unpaired) electrons. The van der Waals surface area contributed by atoms with E-state index in [1.165, 1.54) is 0 Å². The van der Waals surface area contributed by atoms with Crippen molar-refractivity contribution >= 4 is 38.6 Å². The Balaban J connectivity index is 1.56. The number of nitrogens with zero attached hydrogens (tertiary/aromatic N) is 1. The van der Waals surface area contributed by atoms with E-state index in [1.807, 2.05) is 66.7 Å². The molecule has 0 saturated carbocycles. The SMILES string of the molecule is O=C(Nc1ccc(-c2nc3ccccc3o2)cc1)c1ccccc1Br. The Labute approximate surface area is 152 Å². The van der Waals surface area contributed by atoms with E-state index in [4.69, 9.17) is 4.42 Å². The van der Waals surface area contributed by atoms with Crippen LogP contribution in [-0.4, -0.2) is 10.9 Å². The maximum Gasteiger partial charge on any atom is 0.256 e. The van der Waals surface area contributed by atoms with E-state index in [1.54, 1.807) is 6.07 Å². The first-order valence-corrected chi connectivity index (χ1v) is 8.52. The summed E-state index contributed by atoms with van der Waals surface area (Å²) >= 11 is 3.39. The number of halogens is 1. The number of fused-ring (bicyclic) bond motifs is 1. The van der Waals surface area contributed by atoms with Crippen LogP contribution >= 0.6 is 15.9 Å². The van der Waals surface area contributed by atoms with Gasteiger partial charge >= 0.3 is 0 Å². The van der Waals surface area contributed by atoms with Crippen LogP contribution in [0.2, 0.25) is 0 Å². The maximum atomic E-state index is 12.3. The molecule has 1 amide bonds. The zero-order chi connectivity index (χ0) is 17.2. The molecule has 0 aliphatic rings. The molecule has 1 heterocycles. The van der Waals surface area contributed by atoms with Gasteiger partial charge in [-0.2, -0.15) is 0 Å². The molecule has 0 aliphatic carbocycles. The predicted molar refractivity (Wildman–Crippen MR) is 102 cm³/mol. The van der Waals surface area contributed by atoms with Crippen LogP contribution in [-0.2, 0) is 0 Å². The van der Waals surface area contributed by atoms with Crippen molar-refractivity contribution in [3.8, 4) is 11.5 Å². The molecule has 4 rings (SSSR count). The van der Waals surface area contributed by atoms with Gasteiger partial charge < -0.3 is 9.73 Å². The number of carbonyl (C=O) groups is 1. The summed E-state index contributed by atoms with van der Waals surface area (Å²) in [6.45, 7) is 0. The van der Waals surface area contributed by atoms with E-state index < -0.39 is 0 Å². The van der Waals surface area contributed by atoms with Crippen LogP contribution < -0.4 is 5.32 Å². The highest BCUT2D eigenvalue weighted by Gasteiger charge is 2.11. The summed E-state index contributed by atoms with van der Waals surface area (Å²) in [6.07, 6.45) is 0. The van der Waals surface area contributed by atoms with Gasteiger partial charge in [0.25, 0.3) is 5.91 Å². The van der Waals surface area contributed by atoms with Gasteiger partial charge in [0, 0.05) is 15.7 Å². The van der Waals surface area contributed by atoms with Gasteiger partial charge in [-0.15, -0.1) is 0 Å². The van der Waals surface area contributed by atoms with Crippen molar-refractivity contribution in [2.75, 3.05) is 5.32 Å². The summed E-state index contributed by atoms with van der Waals surface area (Å²) in [7, 11) is 0. The van der Waals surface area contributed by atoms with Crippen molar-refractivity contribution < 1.29 is 9.21 Å². The quantitative estimate of drug-likeness (QED) is 0.499.